The molecule has 0 radical (unpaired) electrons. The van der Waals surface area contributed by atoms with Crippen LogP contribution in [-0.2, 0) is 0 Å². The molecule has 0 unspecified atom stereocenters. The summed E-state index contributed by atoms with van der Waals surface area (Å²) in [4.78, 5) is 10.9. The monoisotopic (exact) mass is 718 g/mol. The van der Waals surface area contributed by atoms with Crippen LogP contribution in [0.15, 0.2) is 97.1 Å². The van der Waals surface area contributed by atoms with Crippen molar-refractivity contribution < 1.29 is 8.78 Å². The van der Waals surface area contributed by atoms with Crippen molar-refractivity contribution in [3.8, 4) is 30.3 Å². The molecule has 0 aromatic heterocycles. The lowest BCUT2D eigenvalue weighted by atomic mass is 9.87. The lowest BCUT2D eigenvalue weighted by molar-refractivity contribution is 0.627. The summed E-state index contributed by atoms with van der Waals surface area (Å²) in [6, 6.07) is 33.2. The fraction of sp³-hybridized carbons (Fsp3) is 0. The molecule has 0 heterocycles. The Kier molecular flexibility index (Phi) is 8.88. The molecule has 0 saturated heterocycles. The molecule has 0 bridgehead atoms. The Hall–Kier alpha value is -9.16. The summed E-state index contributed by atoms with van der Waals surface area (Å²) in [7, 11) is 0. The van der Waals surface area contributed by atoms with Crippen molar-refractivity contribution in [3.05, 3.63) is 199 Å². The standard InChI is InChI=1S/C46H16F2N8/c1-54-33-15-30(16-34(17-33)55-2)40(23-52)45-37-18-35-36(19-38(37)46(56-3)43(45)28-6-10-32(48)11-7-28)44(42(41(35)24-53)27-4-8-31(47)9-5-27)39(22-51)29-13-25(20-49)12-26(14-29)21-50/h4-19H/b44-39-,45-40-. The van der Waals surface area contributed by atoms with Crippen molar-refractivity contribution in [1.82, 2.24) is 0 Å². The van der Waals surface area contributed by atoms with Gasteiger partial charge < -0.3 is 0 Å². The average Bonchev–Trinajstić information content (AvgIpc) is 3.72. The molecule has 0 saturated carbocycles. The van der Waals surface area contributed by atoms with Gasteiger partial charge in [0.1, 0.15) is 29.8 Å². The molecule has 0 amide bonds. The van der Waals surface area contributed by atoms with Crippen molar-refractivity contribution in [1.29, 1.82) is 26.3 Å². The number of halogens is 2. The van der Waals surface area contributed by atoms with Gasteiger partial charge in [-0.3, -0.25) is 0 Å². The van der Waals surface area contributed by atoms with E-state index >= 15 is 0 Å². The van der Waals surface area contributed by atoms with E-state index in [2.05, 4.69) is 32.7 Å². The summed E-state index contributed by atoms with van der Waals surface area (Å²) < 4.78 is 28.5. The lowest BCUT2D eigenvalue weighted by Gasteiger charge is -2.15. The van der Waals surface area contributed by atoms with Gasteiger partial charge in [-0.25, -0.2) is 23.3 Å². The fourth-order valence-corrected chi connectivity index (χ4v) is 7.05. The highest BCUT2D eigenvalue weighted by Crippen LogP contribution is 2.56. The second kappa shape index (κ2) is 14.1. The van der Waals surface area contributed by atoms with Crippen LogP contribution in [0, 0.1) is 88.0 Å². The van der Waals surface area contributed by atoms with Gasteiger partial charge in [0, 0.05) is 16.7 Å². The van der Waals surface area contributed by atoms with Crippen molar-refractivity contribution in [2.75, 3.05) is 0 Å². The minimum atomic E-state index is -0.545. The third kappa shape index (κ3) is 5.71. The van der Waals surface area contributed by atoms with Gasteiger partial charge in [0.2, 0.25) is 5.70 Å². The summed E-state index contributed by atoms with van der Waals surface area (Å²) in [5.41, 5.74) is 4.03. The van der Waals surface area contributed by atoms with Crippen molar-refractivity contribution in [2.24, 2.45) is 0 Å². The highest BCUT2D eigenvalue weighted by atomic mass is 19.1. The summed E-state index contributed by atoms with van der Waals surface area (Å²) in [5.74, 6) is -1.09. The zero-order valence-corrected chi connectivity index (χ0v) is 28.6. The Labute approximate surface area is 319 Å². The second-order valence-electron chi connectivity index (χ2n) is 12.4. The number of fused-ring (bicyclic) bond motifs is 2. The van der Waals surface area contributed by atoms with Crippen LogP contribution in [-0.4, -0.2) is 0 Å². The zero-order chi connectivity index (χ0) is 39.7. The van der Waals surface area contributed by atoms with Crippen LogP contribution < -0.4 is 0 Å². The molecule has 0 atom stereocenters. The van der Waals surface area contributed by atoms with Crippen LogP contribution in [0.4, 0.5) is 20.2 Å². The van der Waals surface area contributed by atoms with Gasteiger partial charge in [-0.1, -0.05) is 48.5 Å². The smallest absolute Gasteiger partial charge is 0.203 e. The van der Waals surface area contributed by atoms with Crippen molar-refractivity contribution in [3.63, 3.8) is 0 Å². The Morgan fingerprint density at radius 3 is 1.41 bits per heavy atom. The van der Waals surface area contributed by atoms with Gasteiger partial charge in [0.15, 0.2) is 11.4 Å². The van der Waals surface area contributed by atoms with E-state index in [1.807, 2.05) is 12.1 Å². The minimum Gasteiger partial charge on any atom is -0.239 e. The highest BCUT2D eigenvalue weighted by Gasteiger charge is 2.37. The van der Waals surface area contributed by atoms with Crippen molar-refractivity contribution >= 4 is 56.1 Å². The highest BCUT2D eigenvalue weighted by molar-refractivity contribution is 6.34. The Morgan fingerprint density at radius 1 is 0.482 bits per heavy atom. The molecule has 56 heavy (non-hydrogen) atoms. The van der Waals surface area contributed by atoms with Crippen LogP contribution in [0.3, 0.4) is 0 Å². The van der Waals surface area contributed by atoms with Crippen LogP contribution in [0.2, 0.25) is 0 Å². The van der Waals surface area contributed by atoms with E-state index in [1.54, 1.807) is 12.1 Å². The molecule has 2 aliphatic carbocycles. The number of hydrogen-bond donors (Lipinski definition) is 0. The van der Waals surface area contributed by atoms with E-state index in [0.29, 0.717) is 33.4 Å². The summed E-state index contributed by atoms with van der Waals surface area (Å²) in [6.45, 7) is 23.7. The summed E-state index contributed by atoms with van der Waals surface area (Å²) in [6.07, 6.45) is 0. The first-order chi connectivity index (χ1) is 27.2. The average molecular weight is 719 g/mol. The third-order valence-electron chi connectivity index (χ3n) is 9.35. The lowest BCUT2D eigenvalue weighted by Crippen LogP contribution is -1.97. The van der Waals surface area contributed by atoms with E-state index in [4.69, 9.17) is 19.7 Å². The number of rotatable bonds is 4. The number of benzene rings is 5. The summed E-state index contributed by atoms with van der Waals surface area (Å²) in [5, 5.41) is 52.0. The number of nitriles is 5. The Balaban J connectivity index is 1.66. The molecule has 10 heteroatoms. The number of nitrogens with zero attached hydrogens (tertiary/aromatic N) is 8. The molecule has 0 N–H and O–H groups in total. The molecule has 254 valence electrons. The normalized spacial score (nSPS) is 14.0. The maximum absolute atomic E-state index is 14.3. The Morgan fingerprint density at radius 2 is 0.946 bits per heavy atom. The van der Waals surface area contributed by atoms with Gasteiger partial charge >= 0.3 is 0 Å². The largest absolute Gasteiger partial charge is 0.239 e. The molecular formula is C46H16F2N8. The quantitative estimate of drug-likeness (QED) is 0.135. The molecule has 7 rings (SSSR count). The number of allylic oxidation sites excluding steroid dienone is 7. The molecule has 0 aliphatic heterocycles. The maximum Gasteiger partial charge on any atom is 0.203 e. The molecule has 8 nitrogen and oxygen atoms in total. The summed E-state index contributed by atoms with van der Waals surface area (Å²) >= 11 is 0. The van der Waals surface area contributed by atoms with E-state index < -0.39 is 11.6 Å². The fourth-order valence-electron chi connectivity index (χ4n) is 7.05. The van der Waals surface area contributed by atoms with E-state index in [-0.39, 0.29) is 78.3 Å². The third-order valence-corrected chi connectivity index (χ3v) is 9.35. The van der Waals surface area contributed by atoms with Crippen LogP contribution in [0.5, 0.6) is 0 Å². The van der Waals surface area contributed by atoms with Gasteiger partial charge in [-0.2, -0.15) is 26.3 Å². The van der Waals surface area contributed by atoms with E-state index in [9.17, 15) is 35.1 Å². The minimum absolute atomic E-state index is 0.00430. The van der Waals surface area contributed by atoms with Gasteiger partial charge in [0.25, 0.3) is 0 Å². The van der Waals surface area contributed by atoms with Gasteiger partial charge in [-0.15, -0.1) is 0 Å². The molecule has 0 fully saturated rings. The Bertz CT molecular complexity index is 2830. The second-order valence-corrected chi connectivity index (χ2v) is 12.4. The first-order valence-corrected chi connectivity index (χ1v) is 16.3. The SMILES string of the molecule is [C-]#[N+]C1=C(c2ccc(F)cc2)/C(=C(/C#N)c2cc([N+]#[C-])cc([N+]#[C-])c2)c2cc3c(cc21)/C(=C(\C#N)c1cc(C#N)cc(C#N)c1)C(c1ccc(F)cc1)=C3C#N. The van der Waals surface area contributed by atoms with Crippen LogP contribution in [0.1, 0.15) is 55.6 Å². The first kappa shape index (κ1) is 35.3. The molecule has 2 aliphatic rings. The topological polar surface area (TPSA) is 132 Å². The van der Waals surface area contributed by atoms with E-state index in [1.165, 1.54) is 84.9 Å². The van der Waals surface area contributed by atoms with Crippen LogP contribution >= 0.6 is 0 Å². The number of hydrogen-bond acceptors (Lipinski definition) is 5. The molecular weight excluding hydrogens is 703 g/mol. The predicted molar refractivity (Wildman–Crippen MR) is 205 cm³/mol. The molecule has 0 spiro atoms. The maximum atomic E-state index is 14.3. The van der Waals surface area contributed by atoms with Gasteiger partial charge in [-0.05, 0) is 98.6 Å². The molecule has 5 aromatic carbocycles. The molecule has 5 aromatic rings. The van der Waals surface area contributed by atoms with Crippen molar-refractivity contribution in [2.45, 2.75) is 0 Å². The first-order valence-electron chi connectivity index (χ1n) is 16.3. The van der Waals surface area contributed by atoms with E-state index in [0.717, 1.165) is 0 Å². The van der Waals surface area contributed by atoms with Crippen LogP contribution in [0.25, 0.3) is 59.2 Å². The van der Waals surface area contributed by atoms with Gasteiger partial charge in [0.05, 0.1) is 59.7 Å². The predicted octanol–water partition coefficient (Wildman–Crippen LogP) is 10.9. The zero-order valence-electron chi connectivity index (χ0n) is 28.6.